The molecule has 0 aliphatic heterocycles. The third-order valence-electron chi connectivity index (χ3n) is 2.43. The van der Waals surface area contributed by atoms with Gasteiger partial charge in [-0.25, -0.2) is 4.39 Å². The monoisotopic (exact) mass is 288 g/mol. The highest BCUT2D eigenvalue weighted by molar-refractivity contribution is 5.95. The Labute approximate surface area is 113 Å². The minimum Gasteiger partial charge on any atom is -0.389 e. The van der Waals surface area contributed by atoms with Gasteiger partial charge in [-0.2, -0.15) is 4.39 Å². The standard InChI is InChI=1S/C12H14F2N2O4/c1-12(2,18)6-15(3)11(17)7-4-10(16(19)20)9(14)5-8(7)13/h4-5,18H,6H2,1-3H3. The maximum absolute atomic E-state index is 13.6. The summed E-state index contributed by atoms with van der Waals surface area (Å²) in [5.41, 5.74) is -2.82. The van der Waals surface area contributed by atoms with Gasteiger partial charge in [0.2, 0.25) is 5.82 Å². The second kappa shape index (κ2) is 5.49. The molecule has 0 radical (unpaired) electrons. The summed E-state index contributed by atoms with van der Waals surface area (Å²) < 4.78 is 26.7. The Kier molecular flexibility index (Phi) is 4.39. The van der Waals surface area contributed by atoms with Gasteiger partial charge in [0.05, 0.1) is 16.1 Å². The van der Waals surface area contributed by atoms with Crippen LogP contribution in [0.25, 0.3) is 0 Å². The van der Waals surface area contributed by atoms with Crippen LogP contribution in [0.3, 0.4) is 0 Å². The molecule has 0 aromatic heterocycles. The van der Waals surface area contributed by atoms with E-state index >= 15 is 0 Å². The molecule has 0 spiro atoms. The molecule has 0 fully saturated rings. The van der Waals surface area contributed by atoms with Crippen molar-refractivity contribution < 1.29 is 23.6 Å². The number of amides is 1. The first-order valence-corrected chi connectivity index (χ1v) is 5.64. The summed E-state index contributed by atoms with van der Waals surface area (Å²) in [6.07, 6.45) is 0. The number of carbonyl (C=O) groups excluding carboxylic acids is 1. The number of aliphatic hydroxyl groups is 1. The lowest BCUT2D eigenvalue weighted by molar-refractivity contribution is -0.387. The number of carbonyl (C=O) groups is 1. The van der Waals surface area contributed by atoms with Crippen molar-refractivity contribution >= 4 is 11.6 Å². The highest BCUT2D eigenvalue weighted by atomic mass is 19.1. The fourth-order valence-electron chi connectivity index (χ4n) is 1.70. The van der Waals surface area contributed by atoms with Gasteiger partial charge in [-0.05, 0) is 13.8 Å². The third kappa shape index (κ3) is 3.70. The number of benzene rings is 1. The van der Waals surface area contributed by atoms with Crippen LogP contribution in [-0.2, 0) is 0 Å². The first kappa shape index (κ1) is 16.0. The van der Waals surface area contributed by atoms with Crippen LogP contribution in [0.2, 0.25) is 0 Å². The molecular weight excluding hydrogens is 274 g/mol. The van der Waals surface area contributed by atoms with Crippen LogP contribution >= 0.6 is 0 Å². The van der Waals surface area contributed by atoms with E-state index in [1.807, 2.05) is 0 Å². The van der Waals surface area contributed by atoms with E-state index < -0.39 is 39.3 Å². The van der Waals surface area contributed by atoms with Crippen LogP contribution in [0, 0.1) is 21.7 Å². The van der Waals surface area contributed by atoms with Crippen LogP contribution in [0.15, 0.2) is 12.1 Å². The van der Waals surface area contributed by atoms with Crippen LogP contribution in [0.4, 0.5) is 14.5 Å². The Hall–Kier alpha value is -2.09. The predicted molar refractivity (Wildman–Crippen MR) is 66.3 cm³/mol. The minimum atomic E-state index is -1.35. The Morgan fingerprint density at radius 1 is 1.40 bits per heavy atom. The summed E-state index contributed by atoms with van der Waals surface area (Å²) in [4.78, 5) is 22.5. The average Bonchev–Trinajstić information content (AvgIpc) is 2.25. The molecule has 110 valence electrons. The molecule has 0 saturated heterocycles. The molecule has 1 aromatic rings. The summed E-state index contributed by atoms with van der Waals surface area (Å²) in [6, 6.07) is 0.844. The number of hydrogen-bond donors (Lipinski definition) is 1. The van der Waals surface area contributed by atoms with Crippen molar-refractivity contribution in [3.8, 4) is 0 Å². The van der Waals surface area contributed by atoms with E-state index in [-0.39, 0.29) is 6.54 Å². The molecule has 0 heterocycles. The zero-order chi connectivity index (χ0) is 15.7. The van der Waals surface area contributed by atoms with Crippen molar-refractivity contribution in [1.29, 1.82) is 0 Å². The molecule has 0 saturated carbocycles. The van der Waals surface area contributed by atoms with Gasteiger partial charge in [0.1, 0.15) is 5.82 Å². The second-order valence-corrected chi connectivity index (χ2v) is 5.01. The lowest BCUT2D eigenvalue weighted by Crippen LogP contribution is -2.40. The quantitative estimate of drug-likeness (QED) is 0.675. The normalized spacial score (nSPS) is 11.3. The summed E-state index contributed by atoms with van der Waals surface area (Å²) in [6.45, 7) is 2.77. The fraction of sp³-hybridized carbons (Fsp3) is 0.417. The van der Waals surface area contributed by atoms with Crippen molar-refractivity contribution in [2.75, 3.05) is 13.6 Å². The number of nitrogens with zero attached hydrogens (tertiary/aromatic N) is 2. The Morgan fingerprint density at radius 2 is 1.95 bits per heavy atom. The molecule has 1 aromatic carbocycles. The molecular formula is C12H14F2N2O4. The Bertz CT molecular complexity index is 555. The van der Waals surface area contributed by atoms with Gasteiger partial charge >= 0.3 is 5.69 Å². The lowest BCUT2D eigenvalue weighted by atomic mass is 10.1. The maximum atomic E-state index is 13.6. The molecule has 20 heavy (non-hydrogen) atoms. The number of likely N-dealkylation sites (N-methyl/N-ethyl adjacent to an activating group) is 1. The van der Waals surface area contributed by atoms with Gasteiger partial charge in [0, 0.05) is 25.7 Å². The lowest BCUT2D eigenvalue weighted by Gasteiger charge is -2.25. The summed E-state index contributed by atoms with van der Waals surface area (Å²) in [5.74, 6) is -3.43. The van der Waals surface area contributed by atoms with Crippen molar-refractivity contribution in [1.82, 2.24) is 4.90 Å². The zero-order valence-electron chi connectivity index (χ0n) is 11.2. The smallest absolute Gasteiger partial charge is 0.305 e. The van der Waals surface area contributed by atoms with Crippen molar-refractivity contribution in [2.24, 2.45) is 0 Å². The highest BCUT2D eigenvalue weighted by Crippen LogP contribution is 2.22. The SMILES string of the molecule is CN(CC(C)(C)O)C(=O)c1cc([N+](=O)[O-])c(F)cc1F. The Morgan fingerprint density at radius 3 is 2.40 bits per heavy atom. The van der Waals surface area contributed by atoms with Crippen LogP contribution < -0.4 is 0 Å². The molecule has 0 aliphatic carbocycles. The molecule has 1 amide bonds. The van der Waals surface area contributed by atoms with Crippen LogP contribution in [0.5, 0.6) is 0 Å². The summed E-state index contributed by atoms with van der Waals surface area (Å²) in [7, 11) is 1.30. The molecule has 6 nitrogen and oxygen atoms in total. The van der Waals surface area contributed by atoms with Crippen molar-refractivity contribution in [3.63, 3.8) is 0 Å². The van der Waals surface area contributed by atoms with Crippen LogP contribution in [0.1, 0.15) is 24.2 Å². The van der Waals surface area contributed by atoms with E-state index in [1.54, 1.807) is 0 Å². The van der Waals surface area contributed by atoms with Gasteiger partial charge in [0.25, 0.3) is 5.91 Å². The van der Waals surface area contributed by atoms with Gasteiger partial charge in [-0.1, -0.05) is 0 Å². The summed E-state index contributed by atoms with van der Waals surface area (Å²) >= 11 is 0. The second-order valence-electron chi connectivity index (χ2n) is 5.01. The zero-order valence-corrected chi connectivity index (χ0v) is 11.2. The van der Waals surface area contributed by atoms with E-state index in [4.69, 9.17) is 0 Å². The van der Waals surface area contributed by atoms with Crippen molar-refractivity contribution in [3.05, 3.63) is 39.4 Å². The van der Waals surface area contributed by atoms with Gasteiger partial charge in [-0.3, -0.25) is 14.9 Å². The molecule has 1 N–H and O–H groups in total. The van der Waals surface area contributed by atoms with E-state index in [0.717, 1.165) is 4.90 Å². The fourth-order valence-corrected chi connectivity index (χ4v) is 1.70. The van der Waals surface area contributed by atoms with Crippen LogP contribution in [-0.4, -0.2) is 40.0 Å². The topological polar surface area (TPSA) is 83.7 Å². The number of hydrogen-bond acceptors (Lipinski definition) is 4. The molecule has 0 bridgehead atoms. The highest BCUT2D eigenvalue weighted by Gasteiger charge is 2.26. The first-order chi connectivity index (χ1) is 9.03. The van der Waals surface area contributed by atoms with E-state index in [1.165, 1.54) is 20.9 Å². The third-order valence-corrected chi connectivity index (χ3v) is 2.43. The van der Waals surface area contributed by atoms with E-state index in [9.17, 15) is 28.8 Å². The van der Waals surface area contributed by atoms with E-state index in [2.05, 4.69) is 0 Å². The van der Waals surface area contributed by atoms with Gasteiger partial charge in [-0.15, -0.1) is 0 Å². The first-order valence-electron chi connectivity index (χ1n) is 5.64. The molecule has 8 heteroatoms. The molecule has 0 aliphatic rings. The molecule has 1 rings (SSSR count). The van der Waals surface area contributed by atoms with Gasteiger partial charge in [0.15, 0.2) is 0 Å². The van der Waals surface area contributed by atoms with Crippen molar-refractivity contribution in [2.45, 2.75) is 19.4 Å². The number of halogens is 2. The number of nitro benzene ring substituents is 1. The average molecular weight is 288 g/mol. The van der Waals surface area contributed by atoms with E-state index in [0.29, 0.717) is 12.1 Å². The maximum Gasteiger partial charge on any atom is 0.305 e. The molecule has 0 atom stereocenters. The number of rotatable bonds is 4. The predicted octanol–water partition coefficient (Wildman–Crippen LogP) is 1.72. The van der Waals surface area contributed by atoms with Gasteiger partial charge < -0.3 is 10.0 Å². The molecule has 0 unspecified atom stereocenters. The largest absolute Gasteiger partial charge is 0.389 e. The minimum absolute atomic E-state index is 0.115. The number of nitro groups is 1. The Balaban J connectivity index is 3.16. The summed E-state index contributed by atoms with van der Waals surface area (Å²) in [5, 5.41) is 20.2.